The summed E-state index contributed by atoms with van der Waals surface area (Å²) in [6, 6.07) is 5.54. The number of hydrogen-bond donors (Lipinski definition) is 1. The highest BCUT2D eigenvalue weighted by Gasteiger charge is 2.30. The van der Waals surface area contributed by atoms with Crippen molar-refractivity contribution in [2.45, 2.75) is 13.0 Å². The molecule has 1 N–H and O–H groups in total. The van der Waals surface area contributed by atoms with Gasteiger partial charge in [0, 0.05) is 27.1 Å². The summed E-state index contributed by atoms with van der Waals surface area (Å²) in [5.41, 5.74) is 2.25. The molecule has 2 amide bonds. The number of para-hydroxylation sites is 1. The summed E-state index contributed by atoms with van der Waals surface area (Å²) in [6.07, 6.45) is 1.70. The standard InChI is InChI=1S/C14H16N4O2/c1-9(19)18-6-10(7-18)16-14(20)11-4-3-5-12-13(11)17(2)8-15-12/h3-5,8,10H,6-7H2,1-2H3,(H,16,20). The second-order valence-electron chi connectivity index (χ2n) is 5.12. The number of fused-ring (bicyclic) bond motifs is 1. The molecule has 6 heteroatoms. The zero-order valence-electron chi connectivity index (χ0n) is 11.5. The topological polar surface area (TPSA) is 67.2 Å². The van der Waals surface area contributed by atoms with Crippen molar-refractivity contribution in [1.82, 2.24) is 19.8 Å². The average molecular weight is 272 g/mol. The summed E-state index contributed by atoms with van der Waals surface area (Å²) < 4.78 is 1.84. The van der Waals surface area contributed by atoms with Crippen molar-refractivity contribution in [2.24, 2.45) is 7.05 Å². The zero-order valence-corrected chi connectivity index (χ0v) is 11.5. The van der Waals surface area contributed by atoms with Gasteiger partial charge in [-0.25, -0.2) is 4.98 Å². The van der Waals surface area contributed by atoms with Crippen LogP contribution in [0.2, 0.25) is 0 Å². The van der Waals surface area contributed by atoms with Crippen LogP contribution in [0.1, 0.15) is 17.3 Å². The Hall–Kier alpha value is -2.37. The number of nitrogens with one attached hydrogen (secondary N) is 1. The molecule has 2 aromatic rings. The second-order valence-corrected chi connectivity index (χ2v) is 5.12. The van der Waals surface area contributed by atoms with Gasteiger partial charge in [-0.3, -0.25) is 9.59 Å². The lowest BCUT2D eigenvalue weighted by Crippen LogP contribution is -2.60. The lowest BCUT2D eigenvalue weighted by Gasteiger charge is -2.38. The molecule has 0 saturated carbocycles. The van der Waals surface area contributed by atoms with Crippen LogP contribution in [0.4, 0.5) is 0 Å². The monoisotopic (exact) mass is 272 g/mol. The number of aromatic nitrogens is 2. The highest BCUT2D eigenvalue weighted by Crippen LogP contribution is 2.17. The lowest BCUT2D eigenvalue weighted by atomic mass is 10.1. The molecule has 2 heterocycles. The summed E-state index contributed by atoms with van der Waals surface area (Å²) in [7, 11) is 1.87. The number of aryl methyl sites for hydroxylation is 1. The molecule has 1 aromatic carbocycles. The van der Waals surface area contributed by atoms with Crippen molar-refractivity contribution in [3.8, 4) is 0 Å². The van der Waals surface area contributed by atoms with Gasteiger partial charge in [0.05, 0.1) is 29.0 Å². The van der Waals surface area contributed by atoms with Gasteiger partial charge in [0.25, 0.3) is 5.91 Å². The van der Waals surface area contributed by atoms with E-state index in [4.69, 9.17) is 0 Å². The fourth-order valence-electron chi connectivity index (χ4n) is 2.49. The summed E-state index contributed by atoms with van der Waals surface area (Å²) in [5.74, 6) is -0.0726. The molecule has 20 heavy (non-hydrogen) atoms. The molecule has 6 nitrogen and oxygen atoms in total. The number of amides is 2. The Balaban J connectivity index is 1.77. The van der Waals surface area contributed by atoms with Gasteiger partial charge in [-0.15, -0.1) is 0 Å². The first-order valence-electron chi connectivity index (χ1n) is 6.52. The first kappa shape index (κ1) is 12.7. The van der Waals surface area contributed by atoms with Crippen LogP contribution in [0, 0.1) is 0 Å². The van der Waals surface area contributed by atoms with Crippen molar-refractivity contribution in [3.63, 3.8) is 0 Å². The van der Waals surface area contributed by atoms with Crippen molar-refractivity contribution in [1.29, 1.82) is 0 Å². The third kappa shape index (κ3) is 2.03. The molecule has 1 aliphatic rings. The maximum Gasteiger partial charge on any atom is 0.253 e. The molecule has 0 unspecified atom stereocenters. The Morgan fingerprint density at radius 3 is 2.80 bits per heavy atom. The van der Waals surface area contributed by atoms with Crippen LogP contribution in [0.3, 0.4) is 0 Å². The Kier molecular flexibility index (Phi) is 2.93. The van der Waals surface area contributed by atoms with E-state index in [1.54, 1.807) is 17.3 Å². The highest BCUT2D eigenvalue weighted by molar-refractivity contribution is 6.05. The second kappa shape index (κ2) is 4.63. The van der Waals surface area contributed by atoms with E-state index in [1.807, 2.05) is 23.7 Å². The van der Waals surface area contributed by atoms with Crippen LogP contribution in [0.15, 0.2) is 24.5 Å². The number of nitrogens with zero attached hydrogens (tertiary/aromatic N) is 3. The Morgan fingerprint density at radius 1 is 1.35 bits per heavy atom. The van der Waals surface area contributed by atoms with E-state index < -0.39 is 0 Å². The molecule has 0 atom stereocenters. The minimum atomic E-state index is -0.118. The van der Waals surface area contributed by atoms with E-state index in [2.05, 4.69) is 10.3 Å². The molecule has 0 aliphatic carbocycles. The SMILES string of the molecule is CC(=O)N1CC(NC(=O)c2cccc3ncn(C)c23)C1. The van der Waals surface area contributed by atoms with Crippen molar-refractivity contribution in [3.05, 3.63) is 30.1 Å². The Morgan fingerprint density at radius 2 is 2.10 bits per heavy atom. The normalized spacial score (nSPS) is 15.2. The van der Waals surface area contributed by atoms with E-state index in [9.17, 15) is 9.59 Å². The summed E-state index contributed by atoms with van der Waals surface area (Å²) in [5, 5.41) is 2.95. The number of likely N-dealkylation sites (tertiary alicyclic amines) is 1. The smallest absolute Gasteiger partial charge is 0.253 e. The van der Waals surface area contributed by atoms with Crippen LogP contribution in [0.25, 0.3) is 11.0 Å². The van der Waals surface area contributed by atoms with Gasteiger partial charge in [-0.1, -0.05) is 6.07 Å². The Labute approximate surface area is 116 Å². The third-order valence-electron chi connectivity index (χ3n) is 3.64. The molecular weight excluding hydrogens is 256 g/mol. The summed E-state index contributed by atoms with van der Waals surface area (Å²) >= 11 is 0. The number of carbonyl (C=O) groups is 2. The van der Waals surface area contributed by atoms with Crippen LogP contribution >= 0.6 is 0 Å². The Bertz CT molecular complexity index is 686. The molecule has 1 aliphatic heterocycles. The number of rotatable bonds is 2. The molecular formula is C14H16N4O2. The zero-order chi connectivity index (χ0) is 14.3. The van der Waals surface area contributed by atoms with E-state index in [0.717, 1.165) is 11.0 Å². The van der Waals surface area contributed by atoms with Gasteiger partial charge >= 0.3 is 0 Å². The van der Waals surface area contributed by atoms with E-state index in [0.29, 0.717) is 18.7 Å². The summed E-state index contributed by atoms with van der Waals surface area (Å²) in [6.45, 7) is 2.71. The average Bonchev–Trinajstić information content (AvgIpc) is 2.74. The molecule has 3 rings (SSSR count). The highest BCUT2D eigenvalue weighted by atomic mass is 16.2. The van der Waals surface area contributed by atoms with Crippen LogP contribution < -0.4 is 5.32 Å². The minimum Gasteiger partial charge on any atom is -0.346 e. The maximum absolute atomic E-state index is 12.3. The van der Waals surface area contributed by atoms with Crippen molar-refractivity contribution in [2.75, 3.05) is 13.1 Å². The van der Waals surface area contributed by atoms with Crippen LogP contribution in [0.5, 0.6) is 0 Å². The van der Waals surface area contributed by atoms with Crippen LogP contribution in [-0.4, -0.2) is 45.4 Å². The van der Waals surface area contributed by atoms with Gasteiger partial charge in [0.2, 0.25) is 5.91 Å². The largest absolute Gasteiger partial charge is 0.346 e. The molecule has 104 valence electrons. The third-order valence-corrected chi connectivity index (χ3v) is 3.64. The summed E-state index contributed by atoms with van der Waals surface area (Å²) in [4.78, 5) is 29.4. The number of carbonyl (C=O) groups excluding carboxylic acids is 2. The fourth-order valence-corrected chi connectivity index (χ4v) is 2.49. The van der Waals surface area contributed by atoms with E-state index >= 15 is 0 Å². The minimum absolute atomic E-state index is 0.0369. The molecule has 0 bridgehead atoms. The van der Waals surface area contributed by atoms with E-state index in [1.165, 1.54) is 6.92 Å². The van der Waals surface area contributed by atoms with Gasteiger partial charge < -0.3 is 14.8 Å². The van der Waals surface area contributed by atoms with Crippen LogP contribution in [-0.2, 0) is 11.8 Å². The predicted octanol–water partition coefficient (Wildman–Crippen LogP) is 0.534. The predicted molar refractivity (Wildman–Crippen MR) is 74.2 cm³/mol. The number of benzene rings is 1. The van der Waals surface area contributed by atoms with Crippen molar-refractivity contribution < 1.29 is 9.59 Å². The quantitative estimate of drug-likeness (QED) is 0.867. The first-order valence-corrected chi connectivity index (χ1v) is 6.52. The fraction of sp³-hybridized carbons (Fsp3) is 0.357. The molecule has 1 fully saturated rings. The molecule has 1 saturated heterocycles. The van der Waals surface area contributed by atoms with Gasteiger partial charge in [-0.05, 0) is 12.1 Å². The van der Waals surface area contributed by atoms with Crippen molar-refractivity contribution >= 4 is 22.8 Å². The number of imidazole rings is 1. The van der Waals surface area contributed by atoms with E-state index in [-0.39, 0.29) is 17.9 Å². The molecule has 1 aromatic heterocycles. The first-order chi connectivity index (χ1) is 9.56. The van der Waals surface area contributed by atoms with Gasteiger partial charge in [-0.2, -0.15) is 0 Å². The van der Waals surface area contributed by atoms with Gasteiger partial charge in [0.1, 0.15) is 0 Å². The van der Waals surface area contributed by atoms with Gasteiger partial charge in [0.15, 0.2) is 0 Å². The maximum atomic E-state index is 12.3. The molecule has 0 radical (unpaired) electrons. The molecule has 0 spiro atoms. The number of hydrogen-bond acceptors (Lipinski definition) is 3. The lowest BCUT2D eigenvalue weighted by molar-refractivity contribution is -0.133.